The number of hydrogen-bond acceptors (Lipinski definition) is 5. The summed E-state index contributed by atoms with van der Waals surface area (Å²) in [6.45, 7) is 1.70. The highest BCUT2D eigenvalue weighted by Crippen LogP contribution is 2.30. The van der Waals surface area contributed by atoms with Crippen LogP contribution in [0.25, 0.3) is 0 Å². The zero-order valence-electron chi connectivity index (χ0n) is 14.6. The molecule has 0 fully saturated rings. The van der Waals surface area contributed by atoms with Crippen LogP contribution in [-0.2, 0) is 20.7 Å². The van der Waals surface area contributed by atoms with E-state index >= 15 is 0 Å². The first-order valence-electron chi connectivity index (χ1n) is 8.39. The first-order chi connectivity index (χ1) is 13.0. The first kappa shape index (κ1) is 18.7. The summed E-state index contributed by atoms with van der Waals surface area (Å²) in [7, 11) is 0. The molecule has 0 spiro atoms. The highest BCUT2D eigenvalue weighted by Gasteiger charge is 2.30. The summed E-state index contributed by atoms with van der Waals surface area (Å²) in [6.07, 6.45) is -0.521. The topological polar surface area (TPSA) is 88.4 Å². The van der Waals surface area contributed by atoms with Crippen molar-refractivity contribution in [3.63, 3.8) is 0 Å². The van der Waals surface area contributed by atoms with Gasteiger partial charge in [-0.25, -0.2) is 0 Å². The van der Waals surface area contributed by atoms with Gasteiger partial charge in [-0.3, -0.25) is 9.59 Å². The summed E-state index contributed by atoms with van der Waals surface area (Å²) >= 11 is 5.98. The third-order valence-corrected chi connectivity index (χ3v) is 4.44. The van der Waals surface area contributed by atoms with Crippen LogP contribution >= 0.6 is 11.6 Å². The van der Waals surface area contributed by atoms with E-state index in [1.165, 1.54) is 6.92 Å². The monoisotopic (exact) mass is 384 g/mol. The number of carbonyl (C=O) groups is 2. The van der Waals surface area contributed by atoms with E-state index in [9.17, 15) is 9.59 Å². The van der Waals surface area contributed by atoms with E-state index in [0.717, 1.165) is 5.56 Å². The van der Waals surface area contributed by atoms with E-state index < -0.39 is 23.9 Å². The Kier molecular flexibility index (Phi) is 5.63. The SMILES string of the molecule is C[C@H](OC(=O)[C@@H]1COc2ccc(Cl)cc2C1)C(=O)Nc1ccc(C#N)cc1. The van der Waals surface area contributed by atoms with E-state index in [2.05, 4.69) is 5.32 Å². The molecule has 0 bridgehead atoms. The summed E-state index contributed by atoms with van der Waals surface area (Å²) in [4.78, 5) is 24.6. The predicted molar refractivity (Wildman–Crippen MR) is 99.5 cm³/mol. The molecule has 0 radical (unpaired) electrons. The van der Waals surface area contributed by atoms with Gasteiger partial charge in [0.25, 0.3) is 5.91 Å². The third-order valence-electron chi connectivity index (χ3n) is 4.21. The largest absolute Gasteiger partial charge is 0.492 e. The summed E-state index contributed by atoms with van der Waals surface area (Å²) in [5.74, 6) is -0.743. The van der Waals surface area contributed by atoms with Gasteiger partial charge in [-0.2, -0.15) is 5.26 Å². The maximum Gasteiger partial charge on any atom is 0.313 e. The first-order valence-corrected chi connectivity index (χ1v) is 8.77. The molecule has 2 aromatic carbocycles. The molecule has 27 heavy (non-hydrogen) atoms. The number of benzene rings is 2. The number of amides is 1. The number of nitrogens with one attached hydrogen (secondary N) is 1. The van der Waals surface area contributed by atoms with Crippen molar-refractivity contribution in [3.05, 3.63) is 58.6 Å². The van der Waals surface area contributed by atoms with Crippen LogP contribution in [0.15, 0.2) is 42.5 Å². The number of carbonyl (C=O) groups excluding carboxylic acids is 2. The molecule has 2 atom stereocenters. The Morgan fingerprint density at radius 1 is 1.30 bits per heavy atom. The number of esters is 1. The number of nitrogens with zero attached hydrogens (tertiary/aromatic N) is 1. The minimum absolute atomic E-state index is 0.192. The van der Waals surface area contributed by atoms with Crippen molar-refractivity contribution < 1.29 is 19.1 Å². The lowest BCUT2D eigenvalue weighted by Gasteiger charge is -2.25. The molecule has 1 aliphatic heterocycles. The van der Waals surface area contributed by atoms with Crippen molar-refractivity contribution in [1.82, 2.24) is 0 Å². The highest BCUT2D eigenvalue weighted by molar-refractivity contribution is 6.30. The van der Waals surface area contributed by atoms with Crippen LogP contribution in [0.4, 0.5) is 5.69 Å². The van der Waals surface area contributed by atoms with Gasteiger partial charge in [0.15, 0.2) is 6.10 Å². The van der Waals surface area contributed by atoms with Gasteiger partial charge in [-0.15, -0.1) is 0 Å². The van der Waals surface area contributed by atoms with E-state index in [-0.39, 0.29) is 6.61 Å². The van der Waals surface area contributed by atoms with Crippen molar-refractivity contribution >= 4 is 29.2 Å². The molecule has 1 amide bonds. The average molecular weight is 385 g/mol. The second-order valence-corrected chi connectivity index (χ2v) is 6.66. The standard InChI is InChI=1S/C20H17ClN2O4/c1-12(19(24)23-17-5-2-13(10-22)3-6-17)27-20(25)15-8-14-9-16(21)4-7-18(14)26-11-15/h2-7,9,12,15H,8,11H2,1H3,(H,23,24)/t12-,15-/m0/s1. The fraction of sp³-hybridized carbons (Fsp3) is 0.250. The molecule has 1 aliphatic rings. The lowest BCUT2D eigenvalue weighted by Crippen LogP contribution is -2.36. The van der Waals surface area contributed by atoms with Crippen LogP contribution in [0.3, 0.4) is 0 Å². The second kappa shape index (κ2) is 8.11. The fourth-order valence-corrected chi connectivity index (χ4v) is 2.91. The quantitative estimate of drug-likeness (QED) is 0.817. The molecular formula is C20H17ClN2O4. The Labute approximate surface area is 161 Å². The molecule has 2 aromatic rings. The van der Waals surface area contributed by atoms with Crippen molar-refractivity contribution in [1.29, 1.82) is 5.26 Å². The Bertz CT molecular complexity index is 905. The van der Waals surface area contributed by atoms with Crippen LogP contribution in [0.1, 0.15) is 18.1 Å². The molecule has 0 aromatic heterocycles. The Morgan fingerprint density at radius 2 is 2.04 bits per heavy atom. The van der Waals surface area contributed by atoms with Crippen LogP contribution in [-0.4, -0.2) is 24.6 Å². The molecule has 0 saturated carbocycles. The summed E-state index contributed by atoms with van der Waals surface area (Å²) in [5, 5.41) is 12.0. The van der Waals surface area contributed by atoms with Crippen molar-refractivity contribution in [2.45, 2.75) is 19.4 Å². The zero-order chi connectivity index (χ0) is 19.4. The summed E-state index contributed by atoms with van der Waals surface area (Å²) in [5.41, 5.74) is 1.85. The molecule has 3 rings (SSSR count). The normalized spacial score (nSPS) is 16.3. The number of rotatable bonds is 4. The van der Waals surface area contributed by atoms with Crippen LogP contribution in [0.2, 0.25) is 5.02 Å². The Balaban J connectivity index is 1.57. The molecule has 7 heteroatoms. The molecule has 0 saturated heterocycles. The minimum Gasteiger partial charge on any atom is -0.492 e. The molecule has 1 N–H and O–H groups in total. The van der Waals surface area contributed by atoms with Gasteiger partial charge in [0, 0.05) is 10.7 Å². The second-order valence-electron chi connectivity index (χ2n) is 6.22. The molecule has 0 unspecified atom stereocenters. The van der Waals surface area contributed by atoms with Gasteiger partial charge in [0.1, 0.15) is 12.4 Å². The number of ether oxygens (including phenoxy) is 2. The van der Waals surface area contributed by atoms with Crippen molar-refractivity contribution in [3.8, 4) is 11.8 Å². The van der Waals surface area contributed by atoms with E-state index in [1.807, 2.05) is 6.07 Å². The van der Waals surface area contributed by atoms with Gasteiger partial charge in [-0.05, 0) is 61.4 Å². The minimum atomic E-state index is -0.964. The average Bonchev–Trinajstić information content (AvgIpc) is 2.67. The number of fused-ring (bicyclic) bond motifs is 1. The zero-order valence-corrected chi connectivity index (χ0v) is 15.3. The molecule has 138 valence electrons. The fourth-order valence-electron chi connectivity index (χ4n) is 2.71. The smallest absolute Gasteiger partial charge is 0.313 e. The van der Waals surface area contributed by atoms with Crippen LogP contribution in [0, 0.1) is 17.2 Å². The lowest BCUT2D eigenvalue weighted by atomic mass is 9.97. The Hall–Kier alpha value is -3.04. The molecule has 0 aliphatic carbocycles. The molecule has 6 nitrogen and oxygen atoms in total. The molecular weight excluding hydrogens is 368 g/mol. The van der Waals surface area contributed by atoms with E-state index in [1.54, 1.807) is 42.5 Å². The number of halogens is 1. The van der Waals surface area contributed by atoms with E-state index in [4.69, 9.17) is 26.3 Å². The summed E-state index contributed by atoms with van der Waals surface area (Å²) < 4.78 is 10.9. The van der Waals surface area contributed by atoms with Crippen molar-refractivity contribution in [2.24, 2.45) is 5.92 Å². The number of anilines is 1. The number of hydrogen-bond donors (Lipinski definition) is 1. The predicted octanol–water partition coefficient (Wildman–Crippen LogP) is 3.33. The maximum atomic E-state index is 12.4. The third kappa shape index (κ3) is 4.57. The van der Waals surface area contributed by atoms with Crippen molar-refractivity contribution in [2.75, 3.05) is 11.9 Å². The van der Waals surface area contributed by atoms with Crippen LogP contribution < -0.4 is 10.1 Å². The highest BCUT2D eigenvalue weighted by atomic mass is 35.5. The lowest BCUT2D eigenvalue weighted by molar-refractivity contribution is -0.158. The van der Waals surface area contributed by atoms with Gasteiger partial charge in [0.05, 0.1) is 17.6 Å². The van der Waals surface area contributed by atoms with Gasteiger partial charge in [0.2, 0.25) is 0 Å². The summed E-state index contributed by atoms with van der Waals surface area (Å²) in [6, 6.07) is 13.7. The Morgan fingerprint density at radius 3 is 2.74 bits per heavy atom. The van der Waals surface area contributed by atoms with Gasteiger partial charge < -0.3 is 14.8 Å². The molecule has 1 heterocycles. The maximum absolute atomic E-state index is 12.4. The number of nitriles is 1. The van der Waals surface area contributed by atoms with Crippen LogP contribution in [0.5, 0.6) is 5.75 Å². The van der Waals surface area contributed by atoms with Gasteiger partial charge >= 0.3 is 5.97 Å². The van der Waals surface area contributed by atoms with Gasteiger partial charge in [-0.1, -0.05) is 11.6 Å². The van der Waals surface area contributed by atoms with E-state index in [0.29, 0.717) is 28.4 Å².